The highest BCUT2D eigenvalue weighted by Gasteiger charge is 2.20. The van der Waals surface area contributed by atoms with Gasteiger partial charge in [-0.25, -0.2) is 0 Å². The highest BCUT2D eigenvalue weighted by molar-refractivity contribution is 6.11. The summed E-state index contributed by atoms with van der Waals surface area (Å²) in [6, 6.07) is 15.7. The lowest BCUT2D eigenvalue weighted by Crippen LogP contribution is -2.07. The van der Waals surface area contributed by atoms with Gasteiger partial charge >= 0.3 is 0 Å². The van der Waals surface area contributed by atoms with Crippen LogP contribution in [0.5, 0.6) is 5.75 Å². The molecule has 0 aliphatic carbocycles. The Hall–Kier alpha value is -4.07. The fraction of sp³-hybridized carbons (Fsp3) is 0.0500. The Labute approximate surface area is 158 Å². The predicted molar refractivity (Wildman–Crippen MR) is 102 cm³/mol. The maximum Gasteiger partial charge on any atom is 0.269 e. The number of fused-ring (bicyclic) bond motifs is 1. The van der Waals surface area contributed by atoms with Crippen molar-refractivity contribution in [3.63, 3.8) is 0 Å². The van der Waals surface area contributed by atoms with Crippen LogP contribution >= 0.6 is 0 Å². The van der Waals surface area contributed by atoms with E-state index in [4.69, 9.17) is 0 Å². The molecule has 1 aromatic heterocycles. The van der Waals surface area contributed by atoms with Gasteiger partial charge in [0.15, 0.2) is 11.5 Å². The zero-order chi connectivity index (χ0) is 19.8. The van der Waals surface area contributed by atoms with Crippen LogP contribution in [0.4, 0.5) is 5.69 Å². The molecule has 0 fully saturated rings. The van der Waals surface area contributed by atoms with Crippen molar-refractivity contribution in [3.05, 3.63) is 87.5 Å². The minimum Gasteiger partial charge on any atom is -0.505 e. The first-order valence-electron chi connectivity index (χ1n) is 8.39. The summed E-state index contributed by atoms with van der Waals surface area (Å²) >= 11 is 0. The van der Waals surface area contributed by atoms with E-state index in [0.29, 0.717) is 11.0 Å². The normalized spacial score (nSPS) is 10.9. The number of nitro groups is 1. The molecule has 0 spiro atoms. The second-order valence-electron chi connectivity index (χ2n) is 6.29. The van der Waals surface area contributed by atoms with Crippen molar-refractivity contribution in [2.45, 2.75) is 6.92 Å². The lowest BCUT2D eigenvalue weighted by Gasteiger charge is -2.10. The summed E-state index contributed by atoms with van der Waals surface area (Å²) in [5, 5.41) is 30.2. The van der Waals surface area contributed by atoms with Crippen LogP contribution in [0.25, 0.3) is 16.7 Å². The van der Waals surface area contributed by atoms with E-state index in [9.17, 15) is 20.0 Å². The number of aromatic hydroxyl groups is 1. The third-order valence-corrected chi connectivity index (χ3v) is 4.32. The predicted octanol–water partition coefficient (Wildman–Crippen LogP) is 3.57. The number of hydrogen-bond acceptors (Lipinski definition) is 6. The van der Waals surface area contributed by atoms with E-state index in [1.54, 1.807) is 31.2 Å². The molecule has 4 aromatic rings. The quantitative estimate of drug-likeness (QED) is 0.332. The van der Waals surface area contributed by atoms with Gasteiger partial charge in [0.05, 0.1) is 10.5 Å². The first kappa shape index (κ1) is 17.3. The number of ketones is 1. The number of nitrogens with zero attached hydrogens (tertiary/aromatic N) is 4. The van der Waals surface area contributed by atoms with Crippen molar-refractivity contribution in [2.24, 2.45) is 0 Å². The summed E-state index contributed by atoms with van der Waals surface area (Å²) in [7, 11) is 0. The molecule has 0 saturated heterocycles. The minimum absolute atomic E-state index is 0.0743. The molecule has 0 radical (unpaired) electrons. The van der Waals surface area contributed by atoms with Crippen molar-refractivity contribution >= 4 is 22.5 Å². The Bertz CT molecular complexity index is 1200. The SMILES string of the molecule is Cc1cc(C(=O)c2ccc([N+](=O)[O-])cc2)c(O)c(-n2nc3ccccc3n2)c1. The summed E-state index contributed by atoms with van der Waals surface area (Å²) in [6.07, 6.45) is 0. The molecule has 0 aliphatic heterocycles. The molecule has 0 atom stereocenters. The number of benzene rings is 3. The summed E-state index contributed by atoms with van der Waals surface area (Å²) in [4.78, 5) is 24.4. The van der Waals surface area contributed by atoms with Crippen LogP contribution in [0.15, 0.2) is 60.7 Å². The number of rotatable bonds is 4. The number of nitro benzene ring substituents is 1. The second kappa shape index (κ2) is 6.58. The van der Waals surface area contributed by atoms with Gasteiger partial charge in [0.1, 0.15) is 16.7 Å². The molecule has 4 rings (SSSR count). The summed E-state index contributed by atoms with van der Waals surface area (Å²) in [6.45, 7) is 1.79. The van der Waals surface area contributed by atoms with Crippen LogP contribution in [0.3, 0.4) is 0 Å². The standard InChI is InChI=1S/C20H14N4O4/c1-12-10-15(19(25)13-6-8-14(9-7-13)24(27)28)20(26)18(11-12)23-21-16-4-2-3-5-17(16)22-23/h2-11,26H,1H3. The first-order chi connectivity index (χ1) is 13.4. The zero-order valence-electron chi connectivity index (χ0n) is 14.7. The van der Waals surface area contributed by atoms with E-state index in [1.165, 1.54) is 29.1 Å². The highest BCUT2D eigenvalue weighted by Crippen LogP contribution is 2.30. The number of aryl methyl sites for hydroxylation is 1. The van der Waals surface area contributed by atoms with Gasteiger partial charge in [0.2, 0.25) is 0 Å². The highest BCUT2D eigenvalue weighted by atomic mass is 16.6. The topological polar surface area (TPSA) is 111 Å². The number of non-ortho nitro benzene ring substituents is 1. The monoisotopic (exact) mass is 374 g/mol. The Morgan fingerprint density at radius 3 is 2.21 bits per heavy atom. The van der Waals surface area contributed by atoms with Crippen LogP contribution in [0, 0.1) is 17.0 Å². The maximum atomic E-state index is 12.9. The molecule has 3 aromatic carbocycles. The smallest absolute Gasteiger partial charge is 0.269 e. The van der Waals surface area contributed by atoms with E-state index >= 15 is 0 Å². The molecular formula is C20H14N4O4. The van der Waals surface area contributed by atoms with E-state index < -0.39 is 10.7 Å². The third-order valence-electron chi connectivity index (χ3n) is 4.32. The van der Waals surface area contributed by atoms with Gasteiger partial charge in [-0.05, 0) is 48.9 Å². The zero-order valence-corrected chi connectivity index (χ0v) is 14.7. The van der Waals surface area contributed by atoms with E-state index in [1.807, 2.05) is 12.1 Å². The van der Waals surface area contributed by atoms with Crippen molar-refractivity contribution in [1.82, 2.24) is 15.0 Å². The molecule has 138 valence electrons. The Kier molecular flexibility index (Phi) is 4.08. The molecular weight excluding hydrogens is 360 g/mol. The average Bonchev–Trinajstić information content (AvgIpc) is 3.13. The van der Waals surface area contributed by atoms with Gasteiger partial charge in [-0.1, -0.05) is 12.1 Å². The maximum absolute atomic E-state index is 12.9. The molecule has 0 amide bonds. The lowest BCUT2D eigenvalue weighted by molar-refractivity contribution is -0.384. The Morgan fingerprint density at radius 1 is 1.04 bits per heavy atom. The second-order valence-corrected chi connectivity index (χ2v) is 6.29. The number of phenolic OH excluding ortho intramolecular Hbond substituents is 1. The summed E-state index contributed by atoms with van der Waals surface area (Å²) in [5.41, 5.74) is 2.53. The van der Waals surface area contributed by atoms with Gasteiger partial charge in [-0.15, -0.1) is 15.0 Å². The number of hydrogen-bond donors (Lipinski definition) is 1. The fourth-order valence-corrected chi connectivity index (χ4v) is 2.94. The van der Waals surface area contributed by atoms with E-state index in [0.717, 1.165) is 5.56 Å². The van der Waals surface area contributed by atoms with Gasteiger partial charge in [-0.2, -0.15) is 0 Å². The van der Waals surface area contributed by atoms with Crippen LogP contribution < -0.4 is 0 Å². The molecule has 0 bridgehead atoms. The Morgan fingerprint density at radius 2 is 1.64 bits per heavy atom. The van der Waals surface area contributed by atoms with Crippen molar-refractivity contribution < 1.29 is 14.8 Å². The van der Waals surface area contributed by atoms with Gasteiger partial charge < -0.3 is 5.11 Å². The van der Waals surface area contributed by atoms with E-state index in [2.05, 4.69) is 10.2 Å². The first-order valence-corrected chi connectivity index (χ1v) is 8.39. The largest absolute Gasteiger partial charge is 0.505 e. The number of carbonyl (C=O) groups is 1. The number of carbonyl (C=O) groups excluding carboxylic acids is 1. The van der Waals surface area contributed by atoms with Gasteiger partial charge in [0.25, 0.3) is 5.69 Å². The van der Waals surface area contributed by atoms with Crippen LogP contribution in [-0.2, 0) is 0 Å². The summed E-state index contributed by atoms with van der Waals surface area (Å²) in [5.74, 6) is -0.705. The number of aromatic nitrogens is 3. The minimum atomic E-state index is -0.537. The van der Waals surface area contributed by atoms with Gasteiger partial charge in [0, 0.05) is 17.7 Å². The molecule has 0 unspecified atom stereocenters. The molecule has 1 heterocycles. The van der Waals surface area contributed by atoms with Gasteiger partial charge in [-0.3, -0.25) is 14.9 Å². The summed E-state index contributed by atoms with van der Waals surface area (Å²) < 4.78 is 0. The average molecular weight is 374 g/mol. The molecule has 1 N–H and O–H groups in total. The molecule has 8 nitrogen and oxygen atoms in total. The molecule has 0 aliphatic rings. The molecule has 8 heteroatoms. The Balaban J connectivity index is 1.80. The van der Waals surface area contributed by atoms with E-state index in [-0.39, 0.29) is 28.3 Å². The van der Waals surface area contributed by atoms with Crippen LogP contribution in [0.1, 0.15) is 21.5 Å². The third kappa shape index (κ3) is 2.96. The van der Waals surface area contributed by atoms with Crippen molar-refractivity contribution in [2.75, 3.05) is 0 Å². The van der Waals surface area contributed by atoms with Crippen LogP contribution in [-0.4, -0.2) is 30.8 Å². The molecule has 0 saturated carbocycles. The van der Waals surface area contributed by atoms with Crippen LogP contribution in [0.2, 0.25) is 0 Å². The van der Waals surface area contributed by atoms with Crippen molar-refractivity contribution in [1.29, 1.82) is 0 Å². The van der Waals surface area contributed by atoms with Crippen molar-refractivity contribution in [3.8, 4) is 11.4 Å². The fourth-order valence-electron chi connectivity index (χ4n) is 2.94. The lowest BCUT2D eigenvalue weighted by atomic mass is 9.99. The molecule has 28 heavy (non-hydrogen) atoms. The number of phenols is 1.